The Hall–Kier alpha value is -2.88. The first kappa shape index (κ1) is 20.8. The van der Waals surface area contributed by atoms with Crippen LogP contribution in [0, 0.1) is 0 Å². The van der Waals surface area contributed by atoms with Crippen molar-refractivity contribution in [2.45, 2.75) is 4.90 Å². The van der Waals surface area contributed by atoms with Crippen molar-refractivity contribution >= 4 is 33.3 Å². The molecule has 0 unspecified atom stereocenters. The Morgan fingerprint density at radius 1 is 1.07 bits per heavy atom. The fourth-order valence-corrected chi connectivity index (χ4v) is 3.76. The van der Waals surface area contributed by atoms with E-state index in [1.54, 1.807) is 31.3 Å². The van der Waals surface area contributed by atoms with Crippen molar-refractivity contribution in [2.75, 3.05) is 24.9 Å². The molecule has 3 N–H and O–H groups in total. The van der Waals surface area contributed by atoms with Crippen LogP contribution in [0.5, 0.6) is 0 Å². The third-order valence-corrected chi connectivity index (χ3v) is 5.64. The Morgan fingerprint density at radius 2 is 1.76 bits per heavy atom. The van der Waals surface area contributed by atoms with Gasteiger partial charge in [-0.15, -0.1) is 0 Å². The third-order valence-electron chi connectivity index (χ3n) is 4.03. The molecule has 1 aromatic heterocycles. The zero-order chi connectivity index (χ0) is 20.9. The molecule has 2 aromatic carbocycles. The topological polar surface area (TPSA) is 105 Å². The van der Waals surface area contributed by atoms with Crippen LogP contribution in [-0.4, -0.2) is 44.2 Å². The second kappa shape index (κ2) is 9.08. The summed E-state index contributed by atoms with van der Waals surface area (Å²) in [7, 11) is -2.20. The number of hydrogen-bond acceptors (Lipinski definition) is 5. The summed E-state index contributed by atoms with van der Waals surface area (Å²) in [6.45, 7) is 0.958. The van der Waals surface area contributed by atoms with E-state index < -0.39 is 15.9 Å². The van der Waals surface area contributed by atoms with Crippen LogP contribution >= 0.6 is 11.6 Å². The van der Waals surface area contributed by atoms with Gasteiger partial charge in [0.05, 0.1) is 16.8 Å². The summed E-state index contributed by atoms with van der Waals surface area (Å²) in [5.41, 5.74) is 0.720. The highest BCUT2D eigenvalue weighted by molar-refractivity contribution is 7.92. The van der Waals surface area contributed by atoms with Gasteiger partial charge in [0, 0.05) is 18.1 Å². The van der Waals surface area contributed by atoms with Crippen molar-refractivity contribution in [3.05, 3.63) is 71.4 Å². The molecule has 3 rings (SSSR count). The van der Waals surface area contributed by atoms with Crippen molar-refractivity contribution in [1.82, 2.24) is 20.4 Å². The maximum absolute atomic E-state index is 12.9. The molecular weight excluding hydrogens is 414 g/mol. The van der Waals surface area contributed by atoms with Crippen LogP contribution in [0.25, 0.3) is 5.69 Å². The van der Waals surface area contributed by atoms with Crippen molar-refractivity contribution in [3.63, 3.8) is 0 Å². The van der Waals surface area contributed by atoms with Crippen molar-refractivity contribution in [1.29, 1.82) is 0 Å². The number of benzene rings is 2. The molecule has 152 valence electrons. The second-order valence-corrected chi connectivity index (χ2v) is 8.19. The first-order valence-electron chi connectivity index (χ1n) is 8.77. The summed E-state index contributed by atoms with van der Waals surface area (Å²) in [5.74, 6) is -0.385. The highest BCUT2D eigenvalue weighted by Crippen LogP contribution is 2.24. The smallest absolute Gasteiger partial charge is 0.263 e. The SMILES string of the molecule is CNCCNC(=O)c1cnn(-c2ccccc2)c1NS(=O)(=O)c1ccc(Cl)cc1. The van der Waals surface area contributed by atoms with Gasteiger partial charge in [-0.05, 0) is 43.4 Å². The lowest BCUT2D eigenvalue weighted by atomic mass is 10.3. The molecule has 29 heavy (non-hydrogen) atoms. The van der Waals surface area contributed by atoms with Gasteiger partial charge >= 0.3 is 0 Å². The maximum Gasteiger partial charge on any atom is 0.263 e. The summed E-state index contributed by atoms with van der Waals surface area (Å²) in [4.78, 5) is 12.6. The molecule has 3 aromatic rings. The van der Waals surface area contributed by atoms with Gasteiger partial charge in [0.2, 0.25) is 0 Å². The van der Waals surface area contributed by atoms with Gasteiger partial charge in [-0.2, -0.15) is 5.10 Å². The average molecular weight is 434 g/mol. The predicted octanol–water partition coefficient (Wildman–Crippen LogP) is 2.28. The first-order valence-corrected chi connectivity index (χ1v) is 10.6. The second-order valence-electron chi connectivity index (χ2n) is 6.07. The lowest BCUT2D eigenvalue weighted by molar-refractivity contribution is 0.0955. The average Bonchev–Trinajstić information content (AvgIpc) is 3.12. The monoisotopic (exact) mass is 433 g/mol. The molecule has 0 aliphatic heterocycles. The molecule has 0 atom stereocenters. The van der Waals surface area contributed by atoms with Crippen molar-refractivity contribution in [2.24, 2.45) is 0 Å². The van der Waals surface area contributed by atoms with Gasteiger partial charge in [0.15, 0.2) is 5.82 Å². The van der Waals surface area contributed by atoms with Crippen molar-refractivity contribution in [3.8, 4) is 5.69 Å². The Morgan fingerprint density at radius 3 is 2.41 bits per heavy atom. The number of para-hydroxylation sites is 1. The van der Waals surface area contributed by atoms with Crippen LogP contribution in [0.4, 0.5) is 5.82 Å². The lowest BCUT2D eigenvalue weighted by Gasteiger charge is -2.13. The largest absolute Gasteiger partial charge is 0.351 e. The van der Waals surface area contributed by atoms with Crippen LogP contribution in [0.3, 0.4) is 0 Å². The number of aromatic nitrogens is 2. The van der Waals surface area contributed by atoms with Crippen LogP contribution < -0.4 is 15.4 Å². The van der Waals surface area contributed by atoms with E-state index in [1.165, 1.54) is 35.1 Å². The fraction of sp³-hybridized carbons (Fsp3) is 0.158. The minimum Gasteiger partial charge on any atom is -0.351 e. The van der Waals surface area contributed by atoms with E-state index in [4.69, 9.17) is 11.6 Å². The Bertz CT molecular complexity index is 1080. The molecule has 0 saturated carbocycles. The summed E-state index contributed by atoms with van der Waals surface area (Å²) >= 11 is 5.85. The third kappa shape index (κ3) is 4.94. The quantitative estimate of drug-likeness (QED) is 0.473. The standard InChI is InChI=1S/C19H20ClN5O3S/c1-21-11-12-22-19(26)17-13-23-25(15-5-3-2-4-6-15)18(17)24-29(27,28)16-9-7-14(20)8-10-16/h2-10,13,21,24H,11-12H2,1H3,(H,22,26). The first-order chi connectivity index (χ1) is 13.9. The molecule has 10 heteroatoms. The molecule has 0 saturated heterocycles. The van der Waals surface area contributed by atoms with E-state index in [-0.39, 0.29) is 16.3 Å². The predicted molar refractivity (Wildman–Crippen MR) is 112 cm³/mol. The number of hydrogen-bond donors (Lipinski definition) is 3. The molecular formula is C19H20ClN5O3S. The lowest BCUT2D eigenvalue weighted by Crippen LogP contribution is -2.31. The molecule has 0 spiro atoms. The van der Waals surface area contributed by atoms with Crippen LogP contribution in [0.1, 0.15) is 10.4 Å². The van der Waals surface area contributed by atoms with Gasteiger partial charge < -0.3 is 10.6 Å². The summed E-state index contributed by atoms with van der Waals surface area (Å²) < 4.78 is 29.7. The van der Waals surface area contributed by atoms with E-state index in [0.29, 0.717) is 23.8 Å². The number of likely N-dealkylation sites (N-methyl/N-ethyl adjacent to an activating group) is 1. The number of halogens is 1. The van der Waals surface area contributed by atoms with E-state index in [1.807, 2.05) is 6.07 Å². The minimum absolute atomic E-state index is 0.0178. The molecule has 0 bridgehead atoms. The molecule has 8 nitrogen and oxygen atoms in total. The number of sulfonamides is 1. The summed E-state index contributed by atoms with van der Waals surface area (Å²) in [5, 5.41) is 10.3. The van der Waals surface area contributed by atoms with Gasteiger partial charge in [-0.1, -0.05) is 29.8 Å². The van der Waals surface area contributed by atoms with Crippen LogP contribution in [0.15, 0.2) is 65.7 Å². The highest BCUT2D eigenvalue weighted by Gasteiger charge is 2.24. The van der Waals surface area contributed by atoms with E-state index in [0.717, 1.165) is 0 Å². The van der Waals surface area contributed by atoms with E-state index in [9.17, 15) is 13.2 Å². The molecule has 0 radical (unpaired) electrons. The maximum atomic E-state index is 12.9. The van der Waals surface area contributed by atoms with Crippen LogP contribution in [0.2, 0.25) is 5.02 Å². The van der Waals surface area contributed by atoms with Gasteiger partial charge in [-0.3, -0.25) is 9.52 Å². The molecule has 1 heterocycles. The number of amides is 1. The van der Waals surface area contributed by atoms with Crippen LogP contribution in [-0.2, 0) is 10.0 Å². The zero-order valence-electron chi connectivity index (χ0n) is 15.6. The Labute approximate surface area is 173 Å². The van der Waals surface area contributed by atoms with Gasteiger partial charge in [-0.25, -0.2) is 13.1 Å². The Kier molecular flexibility index (Phi) is 6.53. The number of anilines is 1. The molecule has 0 aliphatic rings. The molecule has 0 fully saturated rings. The number of rotatable bonds is 8. The molecule has 0 aliphatic carbocycles. The summed E-state index contributed by atoms with van der Waals surface area (Å²) in [6.07, 6.45) is 1.33. The number of nitrogens with one attached hydrogen (secondary N) is 3. The van der Waals surface area contributed by atoms with Gasteiger partial charge in [0.1, 0.15) is 5.56 Å². The van der Waals surface area contributed by atoms with Gasteiger partial charge in [0.25, 0.3) is 15.9 Å². The minimum atomic E-state index is -3.97. The van der Waals surface area contributed by atoms with E-state index in [2.05, 4.69) is 20.5 Å². The fourth-order valence-electron chi connectivity index (χ4n) is 2.57. The number of nitrogens with zero attached hydrogens (tertiary/aromatic N) is 2. The van der Waals surface area contributed by atoms with Crippen molar-refractivity contribution < 1.29 is 13.2 Å². The molecule has 1 amide bonds. The number of carbonyl (C=O) groups is 1. The highest BCUT2D eigenvalue weighted by atomic mass is 35.5. The normalized spacial score (nSPS) is 11.2. The zero-order valence-corrected chi connectivity index (χ0v) is 17.2. The number of carbonyl (C=O) groups excluding carboxylic acids is 1. The van der Waals surface area contributed by atoms with E-state index >= 15 is 0 Å². The Balaban J connectivity index is 2.01. The summed E-state index contributed by atoms with van der Waals surface area (Å²) in [6, 6.07) is 14.7.